The third-order valence-electron chi connectivity index (χ3n) is 3.17. The van der Waals surface area contributed by atoms with Crippen molar-refractivity contribution in [3.63, 3.8) is 0 Å². The highest BCUT2D eigenvalue weighted by Gasteiger charge is 2.27. The zero-order valence-electron chi connectivity index (χ0n) is 10.0. The molecule has 0 bridgehead atoms. The molecule has 0 spiro atoms. The smallest absolute Gasteiger partial charge is 0.160 e. The van der Waals surface area contributed by atoms with Crippen LogP contribution in [-0.4, -0.2) is 21.7 Å². The van der Waals surface area contributed by atoms with E-state index >= 15 is 0 Å². The summed E-state index contributed by atoms with van der Waals surface area (Å²) >= 11 is 0. The molecule has 90 valence electrons. The average molecular weight is 232 g/mol. The summed E-state index contributed by atoms with van der Waals surface area (Å²) in [5.41, 5.74) is 3.21. The molecule has 1 aliphatic heterocycles. The van der Waals surface area contributed by atoms with Crippen LogP contribution in [0.15, 0.2) is 16.9 Å². The second-order valence-corrected chi connectivity index (χ2v) is 4.71. The molecule has 0 saturated heterocycles. The Morgan fingerprint density at radius 3 is 3.12 bits per heavy atom. The van der Waals surface area contributed by atoms with Gasteiger partial charge in [-0.05, 0) is 5.92 Å². The number of nitrogens with one attached hydrogen (secondary N) is 2. The minimum absolute atomic E-state index is 0.0324. The van der Waals surface area contributed by atoms with Gasteiger partial charge in [-0.25, -0.2) is 4.98 Å². The van der Waals surface area contributed by atoms with Crippen LogP contribution in [-0.2, 0) is 6.42 Å². The summed E-state index contributed by atoms with van der Waals surface area (Å²) in [5.74, 6) is 1.23. The molecule has 2 aromatic heterocycles. The van der Waals surface area contributed by atoms with Gasteiger partial charge in [0.2, 0.25) is 0 Å². The number of fused-ring (bicyclic) bond motifs is 1. The van der Waals surface area contributed by atoms with Crippen LogP contribution in [0.2, 0.25) is 0 Å². The Bertz CT molecular complexity index is 514. The molecular formula is C12H16N4O. The lowest BCUT2D eigenvalue weighted by Gasteiger charge is -2.20. The summed E-state index contributed by atoms with van der Waals surface area (Å²) in [5, 5.41) is 7.51. The monoisotopic (exact) mass is 232 g/mol. The second-order valence-electron chi connectivity index (χ2n) is 4.71. The summed E-state index contributed by atoms with van der Waals surface area (Å²) < 4.78 is 5.43. The maximum Gasteiger partial charge on any atom is 0.160 e. The third-order valence-corrected chi connectivity index (χ3v) is 3.17. The van der Waals surface area contributed by atoms with Gasteiger partial charge in [-0.3, -0.25) is 0 Å². The molecule has 3 heterocycles. The van der Waals surface area contributed by atoms with Crippen molar-refractivity contribution in [3.8, 4) is 0 Å². The van der Waals surface area contributed by atoms with E-state index in [2.05, 4.69) is 34.3 Å². The van der Waals surface area contributed by atoms with E-state index < -0.39 is 0 Å². The Balaban J connectivity index is 1.95. The van der Waals surface area contributed by atoms with Gasteiger partial charge in [0.1, 0.15) is 6.04 Å². The molecule has 0 aromatic carbocycles. The van der Waals surface area contributed by atoms with Crippen LogP contribution < -0.4 is 5.32 Å². The molecule has 1 aliphatic rings. The molecule has 0 aliphatic carbocycles. The standard InChI is InChI=1S/C12H16N4O/c1-7(2)9-5-10(17-16-9)12-11-8(3-4-13-12)14-6-15-11/h5-7,12-13H,3-4H2,1-2H3,(H,14,15). The van der Waals surface area contributed by atoms with Crippen molar-refractivity contribution in [2.75, 3.05) is 6.54 Å². The van der Waals surface area contributed by atoms with E-state index in [1.165, 1.54) is 5.69 Å². The van der Waals surface area contributed by atoms with E-state index in [0.29, 0.717) is 5.92 Å². The number of hydrogen-bond acceptors (Lipinski definition) is 4. The van der Waals surface area contributed by atoms with Gasteiger partial charge < -0.3 is 14.8 Å². The molecule has 17 heavy (non-hydrogen) atoms. The minimum atomic E-state index is 0.0324. The van der Waals surface area contributed by atoms with Crippen molar-refractivity contribution in [1.29, 1.82) is 0 Å². The predicted molar refractivity (Wildman–Crippen MR) is 62.7 cm³/mol. The van der Waals surface area contributed by atoms with Gasteiger partial charge in [0.15, 0.2) is 5.76 Å². The van der Waals surface area contributed by atoms with Crippen LogP contribution in [0.5, 0.6) is 0 Å². The number of H-pyrrole nitrogens is 1. The summed E-state index contributed by atoms with van der Waals surface area (Å²) in [6.07, 6.45) is 2.72. The van der Waals surface area contributed by atoms with Gasteiger partial charge in [0.25, 0.3) is 0 Å². The fourth-order valence-electron chi connectivity index (χ4n) is 2.17. The van der Waals surface area contributed by atoms with Crippen molar-refractivity contribution < 1.29 is 4.52 Å². The van der Waals surface area contributed by atoms with E-state index in [1.807, 2.05) is 6.07 Å². The lowest BCUT2D eigenvalue weighted by molar-refractivity contribution is 0.342. The third kappa shape index (κ3) is 1.76. The highest BCUT2D eigenvalue weighted by atomic mass is 16.5. The first-order valence-electron chi connectivity index (χ1n) is 5.97. The van der Waals surface area contributed by atoms with Gasteiger partial charge in [-0.1, -0.05) is 19.0 Å². The maximum absolute atomic E-state index is 5.43. The van der Waals surface area contributed by atoms with Crippen LogP contribution in [0.4, 0.5) is 0 Å². The van der Waals surface area contributed by atoms with Gasteiger partial charge >= 0.3 is 0 Å². The van der Waals surface area contributed by atoms with Crippen molar-refractivity contribution in [2.45, 2.75) is 32.2 Å². The summed E-state index contributed by atoms with van der Waals surface area (Å²) in [6.45, 7) is 5.14. The Morgan fingerprint density at radius 1 is 1.47 bits per heavy atom. The number of imidazole rings is 1. The van der Waals surface area contributed by atoms with E-state index in [0.717, 1.165) is 30.1 Å². The normalized spacial score (nSPS) is 19.6. The molecule has 0 fully saturated rings. The van der Waals surface area contributed by atoms with Crippen molar-refractivity contribution in [3.05, 3.63) is 35.2 Å². The van der Waals surface area contributed by atoms with Crippen LogP contribution in [0.3, 0.4) is 0 Å². The average Bonchev–Trinajstić information content (AvgIpc) is 2.97. The molecule has 5 heteroatoms. The van der Waals surface area contributed by atoms with Crippen LogP contribution in [0.1, 0.15) is 48.6 Å². The highest BCUT2D eigenvalue weighted by Crippen LogP contribution is 2.27. The zero-order chi connectivity index (χ0) is 11.8. The fraction of sp³-hybridized carbons (Fsp3) is 0.500. The number of hydrogen-bond donors (Lipinski definition) is 2. The first kappa shape index (κ1) is 10.5. The minimum Gasteiger partial charge on any atom is -0.359 e. The molecule has 1 unspecified atom stereocenters. The summed E-state index contributed by atoms with van der Waals surface area (Å²) in [7, 11) is 0. The first-order chi connectivity index (χ1) is 8.25. The van der Waals surface area contributed by atoms with Gasteiger partial charge in [-0.2, -0.15) is 0 Å². The molecular weight excluding hydrogens is 216 g/mol. The SMILES string of the molecule is CC(C)c1cc(C2NCCc3[nH]cnc32)on1. The molecule has 0 saturated carbocycles. The number of aromatic nitrogens is 3. The number of nitrogens with zero attached hydrogens (tertiary/aromatic N) is 2. The molecule has 0 amide bonds. The summed E-state index contributed by atoms with van der Waals surface area (Å²) in [4.78, 5) is 7.54. The fourth-order valence-corrected chi connectivity index (χ4v) is 2.17. The van der Waals surface area contributed by atoms with Crippen LogP contribution >= 0.6 is 0 Å². The lowest BCUT2D eigenvalue weighted by atomic mass is 10.0. The lowest BCUT2D eigenvalue weighted by Crippen LogP contribution is -2.30. The largest absolute Gasteiger partial charge is 0.359 e. The predicted octanol–water partition coefficient (Wildman–Crippen LogP) is 1.76. The Kier molecular flexibility index (Phi) is 2.48. The topological polar surface area (TPSA) is 66.7 Å². The van der Waals surface area contributed by atoms with E-state index in [4.69, 9.17) is 4.52 Å². The molecule has 2 aromatic rings. The van der Waals surface area contributed by atoms with E-state index in [-0.39, 0.29) is 6.04 Å². The quantitative estimate of drug-likeness (QED) is 0.828. The van der Waals surface area contributed by atoms with Crippen molar-refractivity contribution >= 4 is 0 Å². The Labute approximate surface area is 99.6 Å². The van der Waals surface area contributed by atoms with E-state index in [1.54, 1.807) is 6.33 Å². The number of aromatic amines is 1. The Morgan fingerprint density at radius 2 is 2.35 bits per heavy atom. The molecule has 0 radical (unpaired) electrons. The maximum atomic E-state index is 5.43. The van der Waals surface area contributed by atoms with Gasteiger partial charge in [-0.15, -0.1) is 0 Å². The van der Waals surface area contributed by atoms with Gasteiger partial charge in [0.05, 0.1) is 17.7 Å². The van der Waals surface area contributed by atoms with Crippen LogP contribution in [0.25, 0.3) is 0 Å². The highest BCUT2D eigenvalue weighted by molar-refractivity contribution is 5.28. The van der Waals surface area contributed by atoms with Crippen molar-refractivity contribution in [2.24, 2.45) is 0 Å². The zero-order valence-corrected chi connectivity index (χ0v) is 10.0. The Hall–Kier alpha value is -1.62. The molecule has 1 atom stereocenters. The van der Waals surface area contributed by atoms with Crippen LogP contribution in [0, 0.1) is 0 Å². The van der Waals surface area contributed by atoms with Gasteiger partial charge in [0, 0.05) is 24.7 Å². The molecule has 3 rings (SSSR count). The second kappa shape index (κ2) is 4.00. The first-order valence-corrected chi connectivity index (χ1v) is 5.97. The van der Waals surface area contributed by atoms with Crippen molar-refractivity contribution in [1.82, 2.24) is 20.4 Å². The number of rotatable bonds is 2. The summed E-state index contributed by atoms with van der Waals surface area (Å²) in [6, 6.07) is 2.05. The molecule has 5 nitrogen and oxygen atoms in total. The molecule has 2 N–H and O–H groups in total. The van der Waals surface area contributed by atoms with E-state index in [9.17, 15) is 0 Å².